The zero-order chi connectivity index (χ0) is 26.6. The van der Waals surface area contributed by atoms with Crippen molar-refractivity contribution in [3.63, 3.8) is 0 Å². The highest BCUT2D eigenvalue weighted by atomic mass is 16.5. The van der Waals surface area contributed by atoms with E-state index in [1.54, 1.807) is 26.4 Å². The number of carbonyl (C=O) groups is 1. The summed E-state index contributed by atoms with van der Waals surface area (Å²) in [7, 11) is 3.47. The molecule has 9 nitrogen and oxygen atoms in total. The molecule has 0 aromatic carbocycles. The summed E-state index contributed by atoms with van der Waals surface area (Å²) in [6.45, 7) is 7.26. The Kier molecular flexibility index (Phi) is 15.6. The Morgan fingerprint density at radius 1 is 1.25 bits per heavy atom. The van der Waals surface area contributed by atoms with Gasteiger partial charge in [0.25, 0.3) is 0 Å². The third-order valence-electron chi connectivity index (χ3n) is 5.05. The van der Waals surface area contributed by atoms with Gasteiger partial charge in [-0.05, 0) is 75.2 Å². The fraction of sp³-hybridized carbons (Fsp3) is 0.444. The predicted octanol–water partition coefficient (Wildman–Crippen LogP) is 3.86. The van der Waals surface area contributed by atoms with Crippen LogP contribution in [-0.4, -0.2) is 57.4 Å². The van der Waals surface area contributed by atoms with Gasteiger partial charge in [-0.2, -0.15) is 0 Å². The van der Waals surface area contributed by atoms with Crippen molar-refractivity contribution in [2.75, 3.05) is 33.8 Å². The van der Waals surface area contributed by atoms with Crippen molar-refractivity contribution in [2.24, 2.45) is 21.5 Å². The molecule has 0 saturated heterocycles. The number of ether oxygens (including phenoxy) is 1. The molecule has 0 aromatic heterocycles. The van der Waals surface area contributed by atoms with Gasteiger partial charge in [-0.3, -0.25) is 0 Å². The number of nitrogens with one attached hydrogen (secondary N) is 2. The molecule has 36 heavy (non-hydrogen) atoms. The monoisotopic (exact) mass is 497 g/mol. The number of hydrogen-bond donors (Lipinski definition) is 4. The van der Waals surface area contributed by atoms with Gasteiger partial charge in [0, 0.05) is 20.6 Å². The highest BCUT2D eigenvalue weighted by Gasteiger charge is 2.04. The Balaban J connectivity index is 2.54. The maximum atomic E-state index is 11.6. The zero-order valence-electron chi connectivity index (χ0n) is 22.0. The topological polar surface area (TPSA) is 130 Å². The fourth-order valence-electron chi connectivity index (χ4n) is 3.06. The van der Waals surface area contributed by atoms with E-state index in [0.29, 0.717) is 32.1 Å². The van der Waals surface area contributed by atoms with Crippen LogP contribution >= 0.6 is 0 Å². The van der Waals surface area contributed by atoms with Crippen molar-refractivity contribution < 1.29 is 9.53 Å². The van der Waals surface area contributed by atoms with Crippen molar-refractivity contribution in [1.82, 2.24) is 15.5 Å². The average molecular weight is 498 g/mol. The third-order valence-corrected chi connectivity index (χ3v) is 5.05. The quantitative estimate of drug-likeness (QED) is 0.125. The van der Waals surface area contributed by atoms with Gasteiger partial charge in [-0.15, -0.1) is 0 Å². The first-order chi connectivity index (χ1) is 17.3. The van der Waals surface area contributed by atoms with E-state index >= 15 is 0 Å². The molecule has 0 spiro atoms. The maximum absolute atomic E-state index is 11.6. The fourth-order valence-corrected chi connectivity index (χ4v) is 3.06. The van der Waals surface area contributed by atoms with E-state index in [1.807, 2.05) is 12.2 Å². The molecule has 0 heterocycles. The van der Waals surface area contributed by atoms with Crippen molar-refractivity contribution in [3.8, 4) is 0 Å². The smallest absolute Gasteiger partial charge is 0.316 e. The summed E-state index contributed by atoms with van der Waals surface area (Å²) in [6.07, 6.45) is 20.8. The number of guanidine groups is 1. The molecule has 1 aliphatic rings. The van der Waals surface area contributed by atoms with Gasteiger partial charge in [-0.25, -0.2) is 14.8 Å². The van der Waals surface area contributed by atoms with Gasteiger partial charge < -0.3 is 31.7 Å². The van der Waals surface area contributed by atoms with Gasteiger partial charge in [0.05, 0.1) is 19.0 Å². The van der Waals surface area contributed by atoms with Gasteiger partial charge in [0.15, 0.2) is 0 Å². The highest BCUT2D eigenvalue weighted by Crippen LogP contribution is 2.16. The molecule has 0 bridgehead atoms. The van der Waals surface area contributed by atoms with E-state index in [-0.39, 0.29) is 11.9 Å². The molecule has 2 amide bonds. The standard InChI is InChI=1S/C27H43N7O2/c1-5-6-18-31-26(30-2)33-21-23(15-17-25(28)29)12-9-20-36-24-13-7-10-22(14-16-24)11-8-19-32-27(35)34(3)4/h6,10,12-14,16-18H,2,5,7-9,11,15,19-21,28-29H2,1,3-4H3,(H,31,33)(H,32,35)/b18-6?,23-12+. The van der Waals surface area contributed by atoms with E-state index in [0.717, 1.165) is 43.4 Å². The van der Waals surface area contributed by atoms with Crippen LogP contribution < -0.4 is 22.1 Å². The van der Waals surface area contributed by atoms with Crippen molar-refractivity contribution in [3.05, 3.63) is 71.5 Å². The molecule has 0 aromatic rings. The highest BCUT2D eigenvalue weighted by molar-refractivity contribution is 5.84. The van der Waals surface area contributed by atoms with Crippen LogP contribution in [0.4, 0.5) is 4.79 Å². The van der Waals surface area contributed by atoms with Gasteiger partial charge in [-0.1, -0.05) is 36.8 Å². The minimum absolute atomic E-state index is 0.0668. The second-order valence-corrected chi connectivity index (χ2v) is 8.35. The number of aliphatic imine (C=N–C) groups is 2. The van der Waals surface area contributed by atoms with Crippen molar-refractivity contribution >= 4 is 18.7 Å². The van der Waals surface area contributed by atoms with E-state index in [1.165, 1.54) is 10.5 Å². The number of nitrogens with zero attached hydrogens (tertiary/aromatic N) is 3. The first-order valence-corrected chi connectivity index (χ1v) is 12.3. The number of rotatable bonds is 14. The van der Waals surface area contributed by atoms with Crippen LogP contribution in [0.1, 0.15) is 45.4 Å². The predicted molar refractivity (Wildman–Crippen MR) is 150 cm³/mol. The molecular formula is C27H43N7O2. The van der Waals surface area contributed by atoms with Crippen molar-refractivity contribution in [2.45, 2.75) is 45.4 Å². The normalized spacial score (nSPS) is 14.0. The van der Waals surface area contributed by atoms with Gasteiger partial charge >= 0.3 is 6.03 Å². The molecule has 198 valence electrons. The largest absolute Gasteiger partial charge is 0.494 e. The van der Waals surface area contributed by atoms with Crippen LogP contribution in [0.3, 0.4) is 0 Å². The van der Waals surface area contributed by atoms with E-state index in [4.69, 9.17) is 16.2 Å². The molecule has 0 aliphatic heterocycles. The summed E-state index contributed by atoms with van der Waals surface area (Å²) < 4.78 is 5.97. The summed E-state index contributed by atoms with van der Waals surface area (Å²) in [5.41, 5.74) is 13.5. The number of hydrogen-bond acceptors (Lipinski definition) is 5. The van der Waals surface area contributed by atoms with E-state index < -0.39 is 0 Å². The summed E-state index contributed by atoms with van der Waals surface area (Å²) in [4.78, 5) is 21.5. The number of urea groups is 1. The average Bonchev–Trinajstić information content (AvgIpc) is 3.09. The Bertz CT molecular complexity index is 905. The second kappa shape index (κ2) is 18.6. The lowest BCUT2D eigenvalue weighted by Gasteiger charge is -2.11. The zero-order valence-corrected chi connectivity index (χ0v) is 22.0. The lowest BCUT2D eigenvalue weighted by Crippen LogP contribution is -2.34. The molecular weight excluding hydrogens is 454 g/mol. The number of amides is 2. The van der Waals surface area contributed by atoms with Gasteiger partial charge in [0.1, 0.15) is 5.76 Å². The summed E-state index contributed by atoms with van der Waals surface area (Å²) in [6, 6.07) is -0.0668. The lowest BCUT2D eigenvalue weighted by atomic mass is 10.1. The minimum atomic E-state index is -0.0668. The Labute approximate surface area is 216 Å². The summed E-state index contributed by atoms with van der Waals surface area (Å²) in [5, 5.41) is 5.91. The molecule has 1 rings (SSSR count). The van der Waals surface area contributed by atoms with Crippen LogP contribution in [0, 0.1) is 0 Å². The molecule has 0 fully saturated rings. The first-order valence-electron chi connectivity index (χ1n) is 12.3. The SMILES string of the molecule is C=NC(=NC/C(=C/CCOC1=CCC=C(CCCNC(=O)N(C)C)C=C1)CC=C(N)N)NC=CCC. The molecule has 6 N–H and O–H groups in total. The maximum Gasteiger partial charge on any atom is 0.316 e. The van der Waals surface area contributed by atoms with E-state index in [2.05, 4.69) is 58.6 Å². The number of nitrogens with two attached hydrogens (primary N) is 2. The Hall–Kier alpha value is -3.75. The molecule has 9 heteroatoms. The van der Waals surface area contributed by atoms with Crippen LogP contribution in [-0.2, 0) is 4.74 Å². The van der Waals surface area contributed by atoms with Crippen LogP contribution in [0.25, 0.3) is 0 Å². The molecule has 0 saturated carbocycles. The summed E-state index contributed by atoms with van der Waals surface area (Å²) >= 11 is 0. The second-order valence-electron chi connectivity index (χ2n) is 8.35. The van der Waals surface area contributed by atoms with Gasteiger partial charge in [0.2, 0.25) is 5.96 Å². The minimum Gasteiger partial charge on any atom is -0.494 e. The molecule has 0 unspecified atom stereocenters. The third kappa shape index (κ3) is 14.5. The molecule has 1 aliphatic carbocycles. The first kappa shape index (κ1) is 30.3. The van der Waals surface area contributed by atoms with Crippen LogP contribution in [0.15, 0.2) is 81.4 Å². The number of carbonyl (C=O) groups excluding carboxylic acids is 1. The molecule has 0 atom stereocenters. The molecule has 0 radical (unpaired) electrons. The summed E-state index contributed by atoms with van der Waals surface area (Å²) in [5.74, 6) is 1.60. The van der Waals surface area contributed by atoms with Crippen LogP contribution in [0.5, 0.6) is 0 Å². The van der Waals surface area contributed by atoms with Crippen LogP contribution in [0.2, 0.25) is 0 Å². The Morgan fingerprint density at radius 2 is 2.06 bits per heavy atom. The number of allylic oxidation sites excluding steroid dienone is 7. The van der Waals surface area contributed by atoms with E-state index in [9.17, 15) is 4.79 Å². The Morgan fingerprint density at radius 3 is 2.75 bits per heavy atom. The lowest BCUT2D eigenvalue weighted by molar-refractivity contribution is 0.217. The van der Waals surface area contributed by atoms with Crippen molar-refractivity contribution in [1.29, 1.82) is 0 Å².